The lowest BCUT2D eigenvalue weighted by molar-refractivity contribution is 0.703. The average molecular weight is 192 g/mol. The molecule has 0 aliphatic heterocycles. The third-order valence-corrected chi connectivity index (χ3v) is 2.40. The van der Waals surface area contributed by atoms with E-state index in [0.29, 0.717) is 0 Å². The molecule has 0 saturated heterocycles. The molecule has 0 aliphatic carbocycles. The van der Waals surface area contributed by atoms with E-state index >= 15 is 0 Å². The van der Waals surface area contributed by atoms with Crippen LogP contribution in [0, 0.1) is 0 Å². The highest BCUT2D eigenvalue weighted by atomic mass is 32.1. The molecule has 1 aromatic carbocycles. The summed E-state index contributed by atoms with van der Waals surface area (Å²) in [7, 11) is 0. The van der Waals surface area contributed by atoms with Crippen molar-refractivity contribution in [2.75, 3.05) is 5.75 Å². The maximum Gasteiger partial charge on any atom is 0.0958 e. The van der Waals surface area contributed by atoms with E-state index in [1.807, 2.05) is 24.5 Å². The summed E-state index contributed by atoms with van der Waals surface area (Å²) in [5, 5.41) is 0. The Morgan fingerprint density at radius 3 is 3.00 bits per heavy atom. The van der Waals surface area contributed by atoms with Crippen LogP contribution in [0.25, 0.3) is 11.0 Å². The first-order valence-electron chi connectivity index (χ1n) is 4.42. The number of aromatic nitrogens is 2. The predicted molar refractivity (Wildman–Crippen MR) is 58.2 cm³/mol. The molecule has 3 heteroatoms. The van der Waals surface area contributed by atoms with Crippen LogP contribution in [0.15, 0.2) is 30.6 Å². The van der Waals surface area contributed by atoms with E-state index in [9.17, 15) is 0 Å². The summed E-state index contributed by atoms with van der Waals surface area (Å²) in [6, 6.07) is 8.19. The summed E-state index contributed by atoms with van der Waals surface area (Å²) in [6.07, 6.45) is 2.98. The van der Waals surface area contributed by atoms with Crippen LogP contribution < -0.4 is 0 Å². The maximum atomic E-state index is 4.31. The summed E-state index contributed by atoms with van der Waals surface area (Å²) in [4.78, 5) is 4.31. The van der Waals surface area contributed by atoms with Crippen molar-refractivity contribution in [1.82, 2.24) is 9.55 Å². The van der Waals surface area contributed by atoms with Crippen molar-refractivity contribution in [2.45, 2.75) is 13.0 Å². The van der Waals surface area contributed by atoms with Crippen LogP contribution in [0.4, 0.5) is 0 Å². The number of imidazole rings is 1. The number of para-hydroxylation sites is 2. The molecule has 0 atom stereocenters. The molecule has 2 aromatic rings. The summed E-state index contributed by atoms with van der Waals surface area (Å²) in [5.74, 6) is 0.923. The van der Waals surface area contributed by atoms with Crippen LogP contribution in [-0.2, 0) is 6.54 Å². The first-order valence-corrected chi connectivity index (χ1v) is 5.06. The Morgan fingerprint density at radius 1 is 1.31 bits per heavy atom. The fourth-order valence-corrected chi connectivity index (χ4v) is 1.57. The number of benzene rings is 1. The van der Waals surface area contributed by atoms with E-state index in [1.165, 1.54) is 5.52 Å². The van der Waals surface area contributed by atoms with Crippen molar-refractivity contribution >= 4 is 23.7 Å². The Bertz CT molecular complexity index is 394. The molecule has 0 fully saturated rings. The summed E-state index contributed by atoms with van der Waals surface area (Å²) >= 11 is 4.19. The van der Waals surface area contributed by atoms with Gasteiger partial charge in [0.1, 0.15) is 0 Å². The van der Waals surface area contributed by atoms with E-state index < -0.39 is 0 Å². The Labute approximate surface area is 83.0 Å². The van der Waals surface area contributed by atoms with E-state index in [1.54, 1.807) is 0 Å². The number of hydrogen-bond donors (Lipinski definition) is 1. The van der Waals surface area contributed by atoms with Gasteiger partial charge in [-0.2, -0.15) is 12.6 Å². The Morgan fingerprint density at radius 2 is 2.15 bits per heavy atom. The molecular weight excluding hydrogens is 180 g/mol. The second-order valence-electron chi connectivity index (χ2n) is 3.00. The van der Waals surface area contributed by atoms with E-state index in [4.69, 9.17) is 0 Å². The largest absolute Gasteiger partial charge is 0.331 e. The number of thiol groups is 1. The van der Waals surface area contributed by atoms with Crippen molar-refractivity contribution in [3.63, 3.8) is 0 Å². The van der Waals surface area contributed by atoms with Gasteiger partial charge in [0, 0.05) is 6.54 Å². The lowest BCUT2D eigenvalue weighted by Gasteiger charge is -2.00. The van der Waals surface area contributed by atoms with Gasteiger partial charge in [0.25, 0.3) is 0 Å². The molecule has 2 rings (SSSR count). The lowest BCUT2D eigenvalue weighted by Crippen LogP contribution is -1.95. The third kappa shape index (κ3) is 1.70. The lowest BCUT2D eigenvalue weighted by atomic mass is 10.3. The number of rotatable bonds is 3. The van der Waals surface area contributed by atoms with Crippen LogP contribution in [-0.4, -0.2) is 15.3 Å². The topological polar surface area (TPSA) is 17.8 Å². The number of aryl methyl sites for hydroxylation is 1. The van der Waals surface area contributed by atoms with E-state index in [-0.39, 0.29) is 0 Å². The molecule has 1 aromatic heterocycles. The minimum absolute atomic E-state index is 0.923. The van der Waals surface area contributed by atoms with Crippen LogP contribution in [0.3, 0.4) is 0 Å². The van der Waals surface area contributed by atoms with Gasteiger partial charge in [0.15, 0.2) is 0 Å². The van der Waals surface area contributed by atoms with Crippen molar-refractivity contribution in [1.29, 1.82) is 0 Å². The van der Waals surface area contributed by atoms with Crippen molar-refractivity contribution in [3.05, 3.63) is 30.6 Å². The van der Waals surface area contributed by atoms with Gasteiger partial charge in [-0.05, 0) is 24.3 Å². The van der Waals surface area contributed by atoms with Gasteiger partial charge < -0.3 is 4.57 Å². The molecule has 2 nitrogen and oxygen atoms in total. The molecule has 0 radical (unpaired) electrons. The minimum atomic E-state index is 0.923. The monoisotopic (exact) mass is 192 g/mol. The molecule has 0 N–H and O–H groups in total. The van der Waals surface area contributed by atoms with Gasteiger partial charge in [-0.3, -0.25) is 0 Å². The van der Waals surface area contributed by atoms with E-state index in [2.05, 4.69) is 28.2 Å². The smallest absolute Gasteiger partial charge is 0.0958 e. The van der Waals surface area contributed by atoms with Crippen LogP contribution >= 0.6 is 12.6 Å². The molecule has 1 heterocycles. The molecule has 0 unspecified atom stereocenters. The Hall–Kier alpha value is -0.960. The van der Waals surface area contributed by atoms with Gasteiger partial charge in [-0.1, -0.05) is 12.1 Å². The van der Waals surface area contributed by atoms with E-state index in [0.717, 1.165) is 24.2 Å². The maximum absolute atomic E-state index is 4.31. The average Bonchev–Trinajstić information content (AvgIpc) is 2.58. The molecule has 0 spiro atoms. The Balaban J connectivity index is 2.35. The molecule has 68 valence electrons. The van der Waals surface area contributed by atoms with Gasteiger partial charge in [0.2, 0.25) is 0 Å². The quantitative estimate of drug-likeness (QED) is 0.739. The minimum Gasteiger partial charge on any atom is -0.331 e. The highest BCUT2D eigenvalue weighted by Crippen LogP contribution is 2.11. The molecule has 0 aliphatic rings. The SMILES string of the molecule is SCCCn1cnc2ccccc21. The number of hydrogen-bond acceptors (Lipinski definition) is 2. The molecule has 0 amide bonds. The second kappa shape index (κ2) is 3.83. The van der Waals surface area contributed by atoms with Crippen LogP contribution in [0.1, 0.15) is 6.42 Å². The van der Waals surface area contributed by atoms with Gasteiger partial charge >= 0.3 is 0 Å². The molecule has 0 bridgehead atoms. The van der Waals surface area contributed by atoms with Crippen molar-refractivity contribution < 1.29 is 0 Å². The first-order chi connectivity index (χ1) is 6.42. The van der Waals surface area contributed by atoms with Gasteiger partial charge in [-0.15, -0.1) is 0 Å². The summed E-state index contributed by atoms with van der Waals surface area (Å²) < 4.78 is 2.17. The molecule has 13 heavy (non-hydrogen) atoms. The van der Waals surface area contributed by atoms with Crippen LogP contribution in [0.5, 0.6) is 0 Å². The highest BCUT2D eigenvalue weighted by molar-refractivity contribution is 7.80. The normalized spacial score (nSPS) is 10.8. The molecule has 0 saturated carbocycles. The predicted octanol–water partition coefficient (Wildman–Crippen LogP) is 2.36. The third-order valence-electron chi connectivity index (χ3n) is 2.08. The van der Waals surface area contributed by atoms with Crippen LogP contribution in [0.2, 0.25) is 0 Å². The summed E-state index contributed by atoms with van der Waals surface area (Å²) in [6.45, 7) is 1.00. The van der Waals surface area contributed by atoms with Crippen molar-refractivity contribution in [3.8, 4) is 0 Å². The van der Waals surface area contributed by atoms with Crippen molar-refractivity contribution in [2.24, 2.45) is 0 Å². The second-order valence-corrected chi connectivity index (χ2v) is 3.45. The number of fused-ring (bicyclic) bond motifs is 1. The molecular formula is C10H12N2S. The zero-order valence-corrected chi connectivity index (χ0v) is 8.24. The Kier molecular flexibility index (Phi) is 2.54. The fourth-order valence-electron chi connectivity index (χ4n) is 1.43. The number of nitrogens with zero attached hydrogens (tertiary/aromatic N) is 2. The highest BCUT2D eigenvalue weighted by Gasteiger charge is 1.99. The van der Waals surface area contributed by atoms with Gasteiger partial charge in [-0.25, -0.2) is 4.98 Å². The zero-order chi connectivity index (χ0) is 9.10. The van der Waals surface area contributed by atoms with Gasteiger partial charge in [0.05, 0.1) is 17.4 Å². The fraction of sp³-hybridized carbons (Fsp3) is 0.300. The first kappa shape index (κ1) is 8.63. The zero-order valence-electron chi connectivity index (χ0n) is 7.35. The standard InChI is InChI=1S/C10H12N2S/c13-7-3-6-12-8-11-9-4-1-2-5-10(9)12/h1-2,4-5,8,13H,3,6-7H2. The summed E-state index contributed by atoms with van der Waals surface area (Å²) in [5.41, 5.74) is 2.28.